The molecule has 9 heteroatoms. The van der Waals surface area contributed by atoms with Gasteiger partial charge in [-0.05, 0) is 60.7 Å². The van der Waals surface area contributed by atoms with E-state index in [1.165, 1.54) is 17.4 Å². The third kappa shape index (κ3) is 4.98. The summed E-state index contributed by atoms with van der Waals surface area (Å²) >= 11 is 9.92. The Balaban J connectivity index is 0.000000142. The number of ether oxygens (including phenoxy) is 1. The number of carboxylic acid groups (broad SMARTS) is 1. The largest absolute Gasteiger partial charge is 0.478 e. The highest BCUT2D eigenvalue weighted by Crippen LogP contribution is 2.38. The van der Waals surface area contributed by atoms with Gasteiger partial charge in [0.05, 0.1) is 5.39 Å². The van der Waals surface area contributed by atoms with Crippen LogP contribution in [0.1, 0.15) is 10.4 Å². The molecule has 0 atom stereocenters. The van der Waals surface area contributed by atoms with Gasteiger partial charge in [-0.2, -0.15) is 0 Å². The number of carbonyl (C=O) groups is 1. The monoisotopic (exact) mass is 678 g/mol. The fraction of sp³-hybridized carbons (Fsp3) is 0. The Morgan fingerprint density at radius 3 is 2.28 bits per heavy atom. The Kier molecular flexibility index (Phi) is 6.99. The van der Waals surface area contributed by atoms with Gasteiger partial charge in [0.1, 0.15) is 27.3 Å². The number of carboxylic acids is 1. The third-order valence-corrected chi connectivity index (χ3v) is 9.04. The molecular formula is C30H16Br2O5S2. The van der Waals surface area contributed by atoms with E-state index in [1.807, 2.05) is 60.0 Å². The van der Waals surface area contributed by atoms with Crippen molar-refractivity contribution >= 4 is 102 Å². The lowest BCUT2D eigenvalue weighted by Gasteiger charge is -2.07. The number of para-hydroxylation sites is 2. The maximum Gasteiger partial charge on any atom is 0.339 e. The molecule has 0 aliphatic carbocycles. The molecule has 7 rings (SSSR count). The molecule has 192 valence electrons. The summed E-state index contributed by atoms with van der Waals surface area (Å²) in [5.41, 5.74) is 1.54. The van der Waals surface area contributed by atoms with Crippen LogP contribution in [-0.2, 0) is 0 Å². The maximum atomic E-state index is 12.5. The van der Waals surface area contributed by atoms with Crippen LogP contribution in [0, 0.1) is 0 Å². The predicted molar refractivity (Wildman–Crippen MR) is 166 cm³/mol. The Morgan fingerprint density at radius 2 is 1.49 bits per heavy atom. The van der Waals surface area contributed by atoms with Crippen LogP contribution in [0.4, 0.5) is 0 Å². The minimum Gasteiger partial charge on any atom is -0.478 e. The molecule has 0 fully saturated rings. The molecule has 0 saturated heterocycles. The first-order valence-corrected chi connectivity index (χ1v) is 14.9. The summed E-state index contributed by atoms with van der Waals surface area (Å²) in [5, 5.41) is 13.6. The molecule has 0 spiro atoms. The van der Waals surface area contributed by atoms with Crippen molar-refractivity contribution in [2.45, 2.75) is 0 Å². The van der Waals surface area contributed by atoms with Crippen molar-refractivity contribution in [1.82, 2.24) is 0 Å². The Labute approximate surface area is 246 Å². The van der Waals surface area contributed by atoms with Gasteiger partial charge in [-0.25, -0.2) is 4.79 Å². The lowest BCUT2D eigenvalue weighted by atomic mass is 10.2. The molecule has 0 aliphatic heterocycles. The van der Waals surface area contributed by atoms with Gasteiger partial charge in [-0.15, -0.1) is 22.7 Å². The second kappa shape index (κ2) is 10.6. The van der Waals surface area contributed by atoms with Gasteiger partial charge >= 0.3 is 5.97 Å². The van der Waals surface area contributed by atoms with Crippen molar-refractivity contribution in [3.63, 3.8) is 0 Å². The molecule has 3 heterocycles. The Bertz CT molecular complexity index is 2090. The lowest BCUT2D eigenvalue weighted by Crippen LogP contribution is -1.99. The summed E-state index contributed by atoms with van der Waals surface area (Å²) in [7, 11) is 0. The summed E-state index contributed by atoms with van der Waals surface area (Å²) in [6.07, 6.45) is 0. The van der Waals surface area contributed by atoms with Crippen LogP contribution in [0.3, 0.4) is 0 Å². The first-order valence-electron chi connectivity index (χ1n) is 11.6. The second-order valence-electron chi connectivity index (χ2n) is 8.47. The van der Waals surface area contributed by atoms with Crippen molar-refractivity contribution < 1.29 is 19.1 Å². The second-order valence-corrected chi connectivity index (χ2v) is 12.3. The van der Waals surface area contributed by atoms with E-state index in [1.54, 1.807) is 35.6 Å². The summed E-state index contributed by atoms with van der Waals surface area (Å²) in [4.78, 5) is 23.7. The summed E-state index contributed by atoms with van der Waals surface area (Å²) in [6.45, 7) is 0. The molecule has 0 radical (unpaired) electrons. The SMILES string of the molecule is O=C(O)c1ccccc1Oc1csc2cc(Br)ccc12.O=c1c2ccccc2oc2c1sc1cc(Br)ccc12. The predicted octanol–water partition coefficient (Wildman–Crippen LogP) is 10.1. The van der Waals surface area contributed by atoms with E-state index in [-0.39, 0.29) is 11.0 Å². The number of benzene rings is 4. The molecule has 5 nitrogen and oxygen atoms in total. The van der Waals surface area contributed by atoms with Crippen molar-refractivity contribution in [3.05, 3.63) is 115 Å². The van der Waals surface area contributed by atoms with Crippen LogP contribution < -0.4 is 10.2 Å². The van der Waals surface area contributed by atoms with E-state index in [0.717, 1.165) is 29.1 Å². The zero-order valence-corrected chi connectivity index (χ0v) is 24.6. The standard InChI is InChI=1S/C15H9BrO3S.C15H7BrO2S/c16-9-5-6-10-13(8-20-14(10)7-9)19-12-4-2-1-3-11(12)15(17)18;16-8-5-6-10-12(7-8)19-15-13(17)9-3-1-2-4-11(9)18-14(10)15/h1-8H,(H,17,18);1-7H. The summed E-state index contributed by atoms with van der Waals surface area (Å²) < 4.78 is 16.5. The minimum absolute atomic E-state index is 0.0502. The van der Waals surface area contributed by atoms with Gasteiger partial charge < -0.3 is 14.3 Å². The fourth-order valence-corrected chi connectivity index (χ4v) is 7.23. The van der Waals surface area contributed by atoms with E-state index in [2.05, 4.69) is 31.9 Å². The molecule has 0 unspecified atom stereocenters. The van der Waals surface area contributed by atoms with E-state index in [9.17, 15) is 9.59 Å². The zero-order valence-electron chi connectivity index (χ0n) is 19.8. The average Bonchev–Trinajstić information content (AvgIpc) is 3.50. The number of fused-ring (bicyclic) bond motifs is 5. The van der Waals surface area contributed by atoms with Crippen LogP contribution in [0.5, 0.6) is 11.5 Å². The number of thiophene rings is 2. The van der Waals surface area contributed by atoms with Crippen molar-refractivity contribution in [2.24, 2.45) is 0 Å². The number of hydrogen-bond acceptors (Lipinski definition) is 6. The molecule has 39 heavy (non-hydrogen) atoms. The molecule has 0 bridgehead atoms. The third-order valence-electron chi connectivity index (χ3n) is 6.00. The average molecular weight is 680 g/mol. The molecule has 3 aromatic heterocycles. The topological polar surface area (TPSA) is 76.7 Å². The first-order chi connectivity index (χ1) is 18.9. The highest BCUT2D eigenvalue weighted by Gasteiger charge is 2.15. The quantitative estimate of drug-likeness (QED) is 0.201. The highest BCUT2D eigenvalue weighted by molar-refractivity contribution is 9.10. The van der Waals surface area contributed by atoms with Crippen LogP contribution in [0.2, 0.25) is 0 Å². The molecular weight excluding hydrogens is 664 g/mol. The Morgan fingerprint density at radius 1 is 0.795 bits per heavy atom. The van der Waals surface area contributed by atoms with Gasteiger partial charge in [0.2, 0.25) is 5.43 Å². The Hall–Kier alpha value is -3.50. The van der Waals surface area contributed by atoms with Crippen molar-refractivity contribution in [2.75, 3.05) is 0 Å². The van der Waals surface area contributed by atoms with E-state index in [4.69, 9.17) is 14.3 Å². The lowest BCUT2D eigenvalue weighted by molar-refractivity contribution is 0.0694. The van der Waals surface area contributed by atoms with Gasteiger partial charge in [0, 0.05) is 34.5 Å². The minimum atomic E-state index is -0.997. The first kappa shape index (κ1) is 25.8. The number of hydrogen-bond donors (Lipinski definition) is 1. The van der Waals surface area contributed by atoms with Crippen LogP contribution in [-0.4, -0.2) is 11.1 Å². The summed E-state index contributed by atoms with van der Waals surface area (Å²) in [6, 6.07) is 25.9. The van der Waals surface area contributed by atoms with E-state index < -0.39 is 5.97 Å². The molecule has 0 saturated carbocycles. The van der Waals surface area contributed by atoms with E-state index >= 15 is 0 Å². The normalized spacial score (nSPS) is 11.1. The molecule has 7 aromatic rings. The number of rotatable bonds is 3. The maximum absolute atomic E-state index is 12.5. The van der Waals surface area contributed by atoms with Crippen molar-refractivity contribution in [3.8, 4) is 11.5 Å². The number of halogens is 2. The van der Waals surface area contributed by atoms with Crippen LogP contribution >= 0.6 is 54.5 Å². The summed E-state index contributed by atoms with van der Waals surface area (Å²) in [5.74, 6) is 0.0247. The van der Waals surface area contributed by atoms with Gasteiger partial charge in [-0.3, -0.25) is 4.79 Å². The molecule has 0 amide bonds. The smallest absolute Gasteiger partial charge is 0.339 e. The molecule has 1 N–H and O–H groups in total. The number of aromatic carboxylic acids is 1. The van der Waals surface area contributed by atoms with Gasteiger partial charge in [-0.1, -0.05) is 56.1 Å². The van der Waals surface area contributed by atoms with E-state index in [0.29, 0.717) is 32.8 Å². The van der Waals surface area contributed by atoms with Crippen LogP contribution in [0.25, 0.3) is 41.4 Å². The zero-order chi connectivity index (χ0) is 27.1. The van der Waals surface area contributed by atoms with Crippen LogP contribution in [0.15, 0.2) is 108 Å². The van der Waals surface area contributed by atoms with Gasteiger partial charge in [0.25, 0.3) is 0 Å². The highest BCUT2D eigenvalue weighted by atomic mass is 79.9. The fourth-order valence-electron chi connectivity index (χ4n) is 4.18. The molecule has 4 aromatic carbocycles. The van der Waals surface area contributed by atoms with Crippen molar-refractivity contribution in [1.29, 1.82) is 0 Å². The molecule has 0 aliphatic rings. The van der Waals surface area contributed by atoms with Gasteiger partial charge in [0.15, 0.2) is 5.58 Å².